The maximum atomic E-state index is 12.3. The van der Waals surface area contributed by atoms with Crippen LogP contribution in [0.1, 0.15) is 15.9 Å². The molecule has 27 heavy (non-hydrogen) atoms. The molecule has 1 aromatic carbocycles. The van der Waals surface area contributed by atoms with Gasteiger partial charge in [-0.2, -0.15) is 0 Å². The van der Waals surface area contributed by atoms with Crippen LogP contribution in [0.3, 0.4) is 0 Å². The van der Waals surface area contributed by atoms with Crippen LogP contribution in [-0.2, 0) is 16.6 Å². The van der Waals surface area contributed by atoms with E-state index < -0.39 is 10.0 Å². The van der Waals surface area contributed by atoms with Gasteiger partial charge in [0.1, 0.15) is 5.69 Å². The largest absolute Gasteiger partial charge is 0.463 e. The average molecular weight is 406 g/mol. The Morgan fingerprint density at radius 3 is 2.63 bits per heavy atom. The van der Waals surface area contributed by atoms with E-state index in [4.69, 9.17) is 16.0 Å². The Hall–Kier alpha value is -2.68. The van der Waals surface area contributed by atoms with Crippen molar-refractivity contribution >= 4 is 27.5 Å². The Labute approximate surface area is 161 Å². The fourth-order valence-corrected chi connectivity index (χ4v) is 3.40. The maximum absolute atomic E-state index is 12.3. The summed E-state index contributed by atoms with van der Waals surface area (Å²) in [6.45, 7) is 0.150. The van der Waals surface area contributed by atoms with Crippen LogP contribution < -0.4 is 10.0 Å². The third-order valence-electron chi connectivity index (χ3n) is 3.84. The molecule has 0 saturated carbocycles. The van der Waals surface area contributed by atoms with Gasteiger partial charge in [0.2, 0.25) is 10.0 Å². The van der Waals surface area contributed by atoms with Gasteiger partial charge in [0.15, 0.2) is 5.76 Å². The second-order valence-corrected chi connectivity index (χ2v) is 7.85. The Morgan fingerprint density at radius 1 is 1.22 bits per heavy atom. The van der Waals surface area contributed by atoms with E-state index >= 15 is 0 Å². The molecule has 0 bridgehead atoms. The lowest BCUT2D eigenvalue weighted by molar-refractivity contribution is 0.0950. The predicted molar refractivity (Wildman–Crippen MR) is 101 cm³/mol. The number of nitrogens with zero attached hydrogens (tertiary/aromatic N) is 1. The highest BCUT2D eigenvalue weighted by molar-refractivity contribution is 7.89. The first kappa shape index (κ1) is 19.1. The van der Waals surface area contributed by atoms with Crippen molar-refractivity contribution in [3.63, 3.8) is 0 Å². The molecule has 2 N–H and O–H groups in total. The van der Waals surface area contributed by atoms with Crippen LogP contribution in [0.15, 0.2) is 64.2 Å². The summed E-state index contributed by atoms with van der Waals surface area (Å²) in [6, 6.07) is 11.2. The van der Waals surface area contributed by atoms with Crippen LogP contribution in [0.5, 0.6) is 0 Å². The molecule has 0 aliphatic carbocycles. The van der Waals surface area contributed by atoms with Gasteiger partial charge in [0.05, 0.1) is 16.7 Å². The van der Waals surface area contributed by atoms with E-state index in [1.54, 1.807) is 36.6 Å². The molecule has 0 radical (unpaired) electrons. The van der Waals surface area contributed by atoms with Crippen LogP contribution in [0.25, 0.3) is 11.5 Å². The highest BCUT2D eigenvalue weighted by Gasteiger charge is 2.14. The van der Waals surface area contributed by atoms with Gasteiger partial charge in [-0.15, -0.1) is 0 Å². The second-order valence-electron chi connectivity index (χ2n) is 5.55. The Bertz CT molecular complexity index is 1050. The van der Waals surface area contributed by atoms with Crippen LogP contribution in [-0.4, -0.2) is 26.4 Å². The topological polar surface area (TPSA) is 101 Å². The number of amides is 1. The molecule has 0 fully saturated rings. The Balaban J connectivity index is 1.67. The van der Waals surface area contributed by atoms with Gasteiger partial charge in [-0.05, 0) is 49.0 Å². The number of aromatic nitrogens is 1. The van der Waals surface area contributed by atoms with Crippen LogP contribution in [0, 0.1) is 0 Å². The fraction of sp³-hybridized carbons (Fsp3) is 0.111. The molecule has 0 aliphatic rings. The minimum atomic E-state index is -3.57. The summed E-state index contributed by atoms with van der Waals surface area (Å²) in [6.07, 6.45) is 3.01. The first-order valence-corrected chi connectivity index (χ1v) is 9.77. The Morgan fingerprint density at radius 2 is 2.04 bits per heavy atom. The van der Waals surface area contributed by atoms with Crippen molar-refractivity contribution in [2.45, 2.75) is 11.4 Å². The summed E-state index contributed by atoms with van der Waals surface area (Å²) < 4.78 is 31.0. The molecule has 9 heteroatoms. The number of carbonyl (C=O) groups excluding carboxylic acids is 1. The van der Waals surface area contributed by atoms with Gasteiger partial charge in [-0.1, -0.05) is 17.7 Å². The number of nitrogens with one attached hydrogen (secondary N) is 2. The van der Waals surface area contributed by atoms with Crippen LogP contribution in [0.4, 0.5) is 0 Å². The lowest BCUT2D eigenvalue weighted by Crippen LogP contribution is -2.23. The number of sulfonamides is 1. The number of carbonyl (C=O) groups is 1. The number of hydrogen-bond donors (Lipinski definition) is 2. The first-order valence-electron chi connectivity index (χ1n) is 7.91. The molecule has 0 saturated heterocycles. The van der Waals surface area contributed by atoms with Crippen molar-refractivity contribution in [3.8, 4) is 11.5 Å². The van der Waals surface area contributed by atoms with Gasteiger partial charge in [-0.3, -0.25) is 9.78 Å². The van der Waals surface area contributed by atoms with E-state index in [1.165, 1.54) is 25.4 Å². The van der Waals surface area contributed by atoms with E-state index in [2.05, 4.69) is 15.0 Å². The molecule has 2 heterocycles. The van der Waals surface area contributed by atoms with Crippen LogP contribution >= 0.6 is 11.6 Å². The van der Waals surface area contributed by atoms with E-state index in [-0.39, 0.29) is 22.4 Å². The quantitative estimate of drug-likeness (QED) is 0.656. The van der Waals surface area contributed by atoms with E-state index in [1.807, 2.05) is 0 Å². The molecule has 2 aromatic heterocycles. The molecule has 0 unspecified atom stereocenters. The van der Waals surface area contributed by atoms with Gasteiger partial charge in [0.25, 0.3) is 5.91 Å². The smallest absolute Gasteiger partial charge is 0.253 e. The number of furan rings is 1. The highest BCUT2D eigenvalue weighted by Crippen LogP contribution is 2.21. The van der Waals surface area contributed by atoms with Gasteiger partial charge in [-0.25, -0.2) is 13.1 Å². The van der Waals surface area contributed by atoms with Crippen molar-refractivity contribution in [2.75, 3.05) is 7.05 Å². The first-order chi connectivity index (χ1) is 12.9. The fourth-order valence-electron chi connectivity index (χ4n) is 2.33. The van der Waals surface area contributed by atoms with Crippen molar-refractivity contribution in [2.24, 2.45) is 0 Å². The standard InChI is InChI=1S/C18H16ClN3O4S/c1-20-27(24,25)14-6-4-12(15(19)9-14)10-22-18(23)13-5-7-16(21-11-13)17-3-2-8-26-17/h2-9,11,20H,10H2,1H3,(H,22,23). The predicted octanol–water partition coefficient (Wildman–Crippen LogP) is 2.83. The summed E-state index contributed by atoms with van der Waals surface area (Å²) in [5, 5.41) is 2.98. The van der Waals surface area contributed by atoms with Crippen molar-refractivity contribution in [3.05, 3.63) is 71.1 Å². The molecular formula is C18H16ClN3O4S. The maximum Gasteiger partial charge on any atom is 0.253 e. The van der Waals surface area contributed by atoms with Crippen molar-refractivity contribution < 1.29 is 17.6 Å². The molecule has 140 valence electrons. The van der Waals surface area contributed by atoms with E-state index in [0.717, 1.165) is 0 Å². The molecule has 3 rings (SSSR count). The SMILES string of the molecule is CNS(=O)(=O)c1ccc(CNC(=O)c2ccc(-c3ccco3)nc2)c(Cl)c1. The van der Waals surface area contributed by atoms with Gasteiger partial charge >= 0.3 is 0 Å². The molecule has 0 aliphatic heterocycles. The van der Waals surface area contributed by atoms with Crippen LogP contribution in [0.2, 0.25) is 5.02 Å². The molecule has 0 spiro atoms. The summed E-state index contributed by atoms with van der Waals surface area (Å²) >= 11 is 6.13. The summed E-state index contributed by atoms with van der Waals surface area (Å²) in [5.41, 5.74) is 1.61. The third-order valence-corrected chi connectivity index (χ3v) is 5.61. The number of hydrogen-bond acceptors (Lipinski definition) is 5. The zero-order chi connectivity index (χ0) is 19.4. The zero-order valence-electron chi connectivity index (χ0n) is 14.3. The summed E-state index contributed by atoms with van der Waals surface area (Å²) in [5.74, 6) is 0.293. The Kier molecular flexibility index (Phi) is 5.59. The third kappa shape index (κ3) is 4.36. The van der Waals surface area contributed by atoms with E-state index in [9.17, 15) is 13.2 Å². The molecular weight excluding hydrogens is 390 g/mol. The monoisotopic (exact) mass is 405 g/mol. The number of benzene rings is 1. The number of rotatable bonds is 6. The highest BCUT2D eigenvalue weighted by atomic mass is 35.5. The van der Waals surface area contributed by atoms with E-state index in [0.29, 0.717) is 22.6 Å². The molecule has 0 atom stereocenters. The van der Waals surface area contributed by atoms with Crippen molar-refractivity contribution in [1.82, 2.24) is 15.0 Å². The van der Waals surface area contributed by atoms with Crippen molar-refractivity contribution in [1.29, 1.82) is 0 Å². The average Bonchev–Trinajstić information content (AvgIpc) is 3.21. The minimum Gasteiger partial charge on any atom is -0.463 e. The second kappa shape index (κ2) is 7.91. The summed E-state index contributed by atoms with van der Waals surface area (Å²) in [4.78, 5) is 16.5. The lowest BCUT2D eigenvalue weighted by atomic mass is 10.2. The van der Waals surface area contributed by atoms with Gasteiger partial charge < -0.3 is 9.73 Å². The minimum absolute atomic E-state index is 0.0581. The molecule has 7 nitrogen and oxygen atoms in total. The zero-order valence-corrected chi connectivity index (χ0v) is 15.8. The number of halogens is 1. The summed E-state index contributed by atoms with van der Waals surface area (Å²) in [7, 11) is -2.25. The van der Waals surface area contributed by atoms with Gasteiger partial charge in [0, 0.05) is 17.8 Å². The normalized spacial score (nSPS) is 11.3. The lowest BCUT2D eigenvalue weighted by Gasteiger charge is -2.09. The molecule has 1 amide bonds. The molecule has 3 aromatic rings. The number of pyridine rings is 1.